The Labute approximate surface area is 368 Å². The summed E-state index contributed by atoms with van der Waals surface area (Å²) < 4.78 is 0. The molecule has 300 valence electrons. The predicted octanol–water partition coefficient (Wildman–Crippen LogP) is 16.2. The van der Waals surface area contributed by atoms with Crippen LogP contribution >= 0.6 is 0 Å². The van der Waals surface area contributed by atoms with Gasteiger partial charge in [-0.05, 0) is 97.7 Å². The molecule has 0 heteroatoms. The van der Waals surface area contributed by atoms with Crippen molar-refractivity contribution >= 4 is 29.9 Å². The van der Waals surface area contributed by atoms with E-state index >= 15 is 0 Å². The minimum Gasteiger partial charge on any atom is -0.0984 e. The smallest absolute Gasteiger partial charge is 0.0315 e. The second kappa shape index (κ2) is 18.5. The molecule has 4 aliphatic rings. The normalized spacial score (nSPS) is 20.2. The monoisotopic (exact) mass is 796 g/mol. The first-order chi connectivity index (χ1) is 30.7. The van der Waals surface area contributed by atoms with Crippen molar-refractivity contribution in [1.29, 1.82) is 0 Å². The van der Waals surface area contributed by atoms with Crippen LogP contribution in [0, 0.1) is 5.92 Å². The van der Waals surface area contributed by atoms with Crippen LogP contribution in [-0.2, 0) is 5.41 Å². The number of allylic oxidation sites excluding steroid dienone is 15. The minimum atomic E-state index is -0.357. The van der Waals surface area contributed by atoms with E-state index in [1.54, 1.807) is 0 Å². The van der Waals surface area contributed by atoms with Gasteiger partial charge in [0, 0.05) is 17.3 Å². The van der Waals surface area contributed by atoms with Crippen LogP contribution in [0.25, 0.3) is 41.0 Å². The maximum Gasteiger partial charge on any atom is 0.0315 e. The lowest BCUT2D eigenvalue weighted by atomic mass is 9.58. The van der Waals surface area contributed by atoms with Crippen molar-refractivity contribution in [2.45, 2.75) is 31.1 Å². The van der Waals surface area contributed by atoms with Crippen LogP contribution in [0.15, 0.2) is 248 Å². The molecule has 0 saturated carbocycles. The molecule has 0 radical (unpaired) electrons. The lowest BCUT2D eigenvalue weighted by Crippen LogP contribution is -2.38. The molecule has 0 heterocycles. The lowest BCUT2D eigenvalue weighted by Gasteiger charge is -2.44. The van der Waals surface area contributed by atoms with Gasteiger partial charge in [-0.15, -0.1) is 0 Å². The molecule has 10 rings (SSSR count). The third-order valence-corrected chi connectivity index (χ3v) is 12.8. The van der Waals surface area contributed by atoms with Crippen LogP contribution < -0.4 is 0 Å². The van der Waals surface area contributed by atoms with E-state index < -0.39 is 0 Å². The zero-order chi connectivity index (χ0) is 42.1. The molecule has 6 aromatic carbocycles. The summed E-state index contributed by atoms with van der Waals surface area (Å²) in [6.07, 6.45) is 36.4. The molecule has 1 spiro atoms. The van der Waals surface area contributed by atoms with Crippen molar-refractivity contribution in [2.75, 3.05) is 0 Å². The molecule has 0 saturated heterocycles. The second-order valence-corrected chi connectivity index (χ2v) is 16.3. The summed E-state index contributed by atoms with van der Waals surface area (Å²) in [5.41, 5.74) is 17.3. The summed E-state index contributed by atoms with van der Waals surface area (Å²) in [4.78, 5) is 0. The third kappa shape index (κ3) is 8.13. The van der Waals surface area contributed by atoms with E-state index in [1.807, 2.05) is 6.08 Å². The molecule has 0 N–H and O–H groups in total. The van der Waals surface area contributed by atoms with Crippen molar-refractivity contribution in [1.82, 2.24) is 0 Å². The summed E-state index contributed by atoms with van der Waals surface area (Å²) >= 11 is 0. The Kier molecular flexibility index (Phi) is 12.0. The highest BCUT2D eigenvalue weighted by Gasteiger charge is 2.48. The molecular weight excluding hydrogens is 745 g/mol. The summed E-state index contributed by atoms with van der Waals surface area (Å²) in [6.45, 7) is 6.24. The van der Waals surface area contributed by atoms with Crippen molar-refractivity contribution in [2.24, 2.45) is 5.92 Å². The van der Waals surface area contributed by atoms with Crippen LogP contribution in [0.4, 0.5) is 0 Å². The average molecular weight is 797 g/mol. The van der Waals surface area contributed by atoms with Gasteiger partial charge >= 0.3 is 0 Å². The largest absolute Gasteiger partial charge is 0.0984 e. The van der Waals surface area contributed by atoms with Gasteiger partial charge in [-0.2, -0.15) is 0 Å². The molecule has 0 aliphatic heterocycles. The first-order valence-corrected chi connectivity index (χ1v) is 21.9. The molecule has 0 fully saturated rings. The van der Waals surface area contributed by atoms with Crippen LogP contribution in [0.1, 0.15) is 70.2 Å². The summed E-state index contributed by atoms with van der Waals surface area (Å²) in [5, 5.41) is 0. The number of rotatable bonds is 11. The van der Waals surface area contributed by atoms with E-state index in [9.17, 15) is 0 Å². The first kappa shape index (κ1) is 40.1. The van der Waals surface area contributed by atoms with E-state index in [1.165, 1.54) is 66.8 Å². The molecule has 0 amide bonds. The van der Waals surface area contributed by atoms with Crippen molar-refractivity contribution in [3.8, 4) is 11.1 Å². The maximum atomic E-state index is 4.14. The Hall–Kier alpha value is -7.28. The molecule has 2 bridgehead atoms. The summed E-state index contributed by atoms with van der Waals surface area (Å²) in [6, 6.07) is 57.0. The van der Waals surface area contributed by atoms with Crippen LogP contribution in [0.5, 0.6) is 0 Å². The van der Waals surface area contributed by atoms with Gasteiger partial charge in [0.2, 0.25) is 0 Å². The SMILES string of the molecule is C=Cc1ccccc1/C=C\C1=C\c2ccccc2/C=C\CC12c1ccccc1C1=CCC2C(C(/C=C\C=C\C(c2ccccc2)c2ccc(-c3ccccc3)cc2)=C/C=C/C)=C1. The van der Waals surface area contributed by atoms with Gasteiger partial charge in [-0.25, -0.2) is 0 Å². The molecule has 0 aromatic heterocycles. The maximum absolute atomic E-state index is 4.14. The van der Waals surface area contributed by atoms with E-state index in [2.05, 4.69) is 256 Å². The Morgan fingerprint density at radius 1 is 0.645 bits per heavy atom. The van der Waals surface area contributed by atoms with Crippen LogP contribution in [-0.4, -0.2) is 0 Å². The summed E-state index contributed by atoms with van der Waals surface area (Å²) in [5.74, 6) is 0.278. The highest BCUT2D eigenvalue weighted by molar-refractivity contribution is 5.85. The average Bonchev–Trinajstić information content (AvgIpc) is 3.53. The van der Waals surface area contributed by atoms with Crippen LogP contribution in [0.2, 0.25) is 0 Å². The van der Waals surface area contributed by atoms with Crippen molar-refractivity contribution in [3.63, 3.8) is 0 Å². The number of hydrogen-bond acceptors (Lipinski definition) is 0. The van der Waals surface area contributed by atoms with Crippen molar-refractivity contribution in [3.05, 3.63) is 292 Å². The molecule has 3 unspecified atom stereocenters. The minimum absolute atomic E-state index is 0.111. The fourth-order valence-electron chi connectivity index (χ4n) is 9.73. The summed E-state index contributed by atoms with van der Waals surface area (Å²) in [7, 11) is 0. The van der Waals surface area contributed by atoms with Gasteiger partial charge in [0.25, 0.3) is 0 Å². The third-order valence-electron chi connectivity index (χ3n) is 12.8. The number of fused-ring (bicyclic) bond motifs is 2. The van der Waals surface area contributed by atoms with Gasteiger partial charge in [0.1, 0.15) is 0 Å². The molecule has 62 heavy (non-hydrogen) atoms. The highest BCUT2D eigenvalue weighted by atomic mass is 14.5. The fraction of sp³-hybridized carbons (Fsp3) is 0.0968. The van der Waals surface area contributed by atoms with Gasteiger partial charge in [-0.1, -0.05) is 255 Å². The van der Waals surface area contributed by atoms with Gasteiger partial charge in [-0.3, -0.25) is 0 Å². The fourth-order valence-corrected chi connectivity index (χ4v) is 9.73. The van der Waals surface area contributed by atoms with Crippen molar-refractivity contribution < 1.29 is 0 Å². The van der Waals surface area contributed by atoms with E-state index in [-0.39, 0.29) is 17.3 Å². The molecular formula is C62H52. The number of benzene rings is 6. The van der Waals surface area contributed by atoms with Gasteiger partial charge in [0.05, 0.1) is 0 Å². The Morgan fingerprint density at radius 2 is 1.32 bits per heavy atom. The molecule has 6 aromatic rings. The predicted molar refractivity (Wildman–Crippen MR) is 267 cm³/mol. The molecule has 0 nitrogen and oxygen atoms in total. The topological polar surface area (TPSA) is 0 Å². The molecule has 3 atom stereocenters. The standard InChI is InChI=1S/C62H52/c1-3-5-21-52(29-16-17-32-57(51-27-10-7-11-28-51)53-37-35-50(36-38-53)47-23-8-6-9-24-47)59-45-55-40-42-61(59)62(60-34-19-18-33-58(55)60)43-20-31-48-25-14-15-30-54(48)44-56(62)41-39-49-26-13-12-22-46(49)4-2/h3-41,44-45,57,61H,2,42-43H2,1H3/b5-3+,29-16-,31-20-,32-17+,41-39-,52-21+,56-44-. The van der Waals surface area contributed by atoms with Gasteiger partial charge in [0.15, 0.2) is 0 Å². The van der Waals surface area contributed by atoms with Crippen LogP contribution in [0.3, 0.4) is 0 Å². The Balaban J connectivity index is 1.13. The number of hydrogen-bond donors (Lipinski definition) is 0. The first-order valence-electron chi connectivity index (χ1n) is 21.9. The second-order valence-electron chi connectivity index (χ2n) is 16.3. The quantitative estimate of drug-likeness (QED) is 0.115. The van der Waals surface area contributed by atoms with E-state index in [0.29, 0.717) is 0 Å². The zero-order valence-corrected chi connectivity index (χ0v) is 35.4. The zero-order valence-electron chi connectivity index (χ0n) is 35.4. The Bertz CT molecular complexity index is 2850. The Morgan fingerprint density at radius 3 is 2.11 bits per heavy atom. The lowest BCUT2D eigenvalue weighted by molar-refractivity contribution is 0.375. The van der Waals surface area contributed by atoms with E-state index in [0.717, 1.165) is 24.0 Å². The van der Waals surface area contributed by atoms with E-state index in [4.69, 9.17) is 0 Å². The van der Waals surface area contributed by atoms with Gasteiger partial charge < -0.3 is 0 Å². The highest BCUT2D eigenvalue weighted by Crippen LogP contribution is 2.57. The molecule has 4 aliphatic carbocycles.